The van der Waals surface area contributed by atoms with E-state index < -0.39 is 0 Å². The van der Waals surface area contributed by atoms with E-state index in [0.717, 1.165) is 38.2 Å². The lowest BCUT2D eigenvalue weighted by Crippen LogP contribution is -2.28. The van der Waals surface area contributed by atoms with Crippen molar-refractivity contribution in [2.24, 2.45) is 5.92 Å². The molecule has 0 aromatic carbocycles. The third kappa shape index (κ3) is 6.96. The van der Waals surface area contributed by atoms with Crippen LogP contribution in [0.5, 0.6) is 0 Å². The fourth-order valence-electron chi connectivity index (χ4n) is 1.74. The highest BCUT2D eigenvalue weighted by Gasteiger charge is 2.04. The Morgan fingerprint density at radius 2 is 2.21 bits per heavy atom. The van der Waals surface area contributed by atoms with Crippen molar-refractivity contribution in [1.29, 1.82) is 0 Å². The molecule has 0 saturated heterocycles. The number of nitrogens with zero attached hydrogens (tertiary/aromatic N) is 2. The third-order valence-electron chi connectivity index (χ3n) is 2.86. The topological polar surface area (TPSA) is 59.0 Å². The zero-order valence-electron chi connectivity index (χ0n) is 12.3. The van der Waals surface area contributed by atoms with Crippen LogP contribution >= 0.6 is 0 Å². The van der Waals surface area contributed by atoms with Crippen LogP contribution in [0.3, 0.4) is 0 Å². The average Bonchev–Trinajstić information content (AvgIpc) is 2.76. The van der Waals surface area contributed by atoms with Gasteiger partial charge in [-0.2, -0.15) is 0 Å². The van der Waals surface area contributed by atoms with Crippen LogP contribution in [0.4, 0.5) is 0 Å². The van der Waals surface area contributed by atoms with Crippen LogP contribution < -0.4 is 10.6 Å². The Morgan fingerprint density at radius 3 is 2.89 bits per heavy atom. The van der Waals surface area contributed by atoms with Gasteiger partial charge in [-0.1, -0.05) is 20.8 Å². The first kappa shape index (κ1) is 15.7. The smallest absolute Gasteiger partial charge is 0.239 e. The summed E-state index contributed by atoms with van der Waals surface area (Å²) in [5, 5.41) is 6.18. The molecule has 1 rings (SSSR count). The second kappa shape index (κ2) is 8.69. The van der Waals surface area contributed by atoms with Crippen LogP contribution in [0, 0.1) is 5.92 Å². The van der Waals surface area contributed by atoms with E-state index >= 15 is 0 Å². The van der Waals surface area contributed by atoms with Crippen molar-refractivity contribution in [3.8, 4) is 0 Å². The molecule has 1 aromatic rings. The van der Waals surface area contributed by atoms with Crippen LogP contribution in [-0.2, 0) is 17.8 Å². The van der Waals surface area contributed by atoms with Crippen molar-refractivity contribution in [3.05, 3.63) is 18.2 Å². The van der Waals surface area contributed by atoms with E-state index in [9.17, 15) is 4.79 Å². The van der Waals surface area contributed by atoms with Crippen molar-refractivity contribution in [2.45, 2.75) is 40.2 Å². The minimum absolute atomic E-state index is 0.0521. The molecule has 0 spiro atoms. The Labute approximate surface area is 115 Å². The number of amides is 1. The van der Waals surface area contributed by atoms with Gasteiger partial charge in [-0.25, -0.2) is 4.98 Å². The van der Waals surface area contributed by atoms with Crippen LogP contribution in [0.2, 0.25) is 0 Å². The summed E-state index contributed by atoms with van der Waals surface area (Å²) >= 11 is 0. The van der Waals surface area contributed by atoms with Gasteiger partial charge in [0.15, 0.2) is 0 Å². The molecule has 0 fully saturated rings. The van der Waals surface area contributed by atoms with Crippen molar-refractivity contribution in [2.75, 3.05) is 19.6 Å². The summed E-state index contributed by atoms with van der Waals surface area (Å²) in [5.41, 5.74) is 1.02. The summed E-state index contributed by atoms with van der Waals surface area (Å²) in [5.74, 6) is 0.669. The Balaban J connectivity index is 2.26. The number of carbonyl (C=O) groups excluding carboxylic acids is 1. The maximum absolute atomic E-state index is 11.7. The fourth-order valence-corrected chi connectivity index (χ4v) is 1.74. The van der Waals surface area contributed by atoms with E-state index in [-0.39, 0.29) is 5.91 Å². The first-order valence-electron chi connectivity index (χ1n) is 7.10. The molecular weight excluding hydrogens is 240 g/mol. The standard InChI is InChI=1S/C14H26N4O/c1-4-15-7-6-13-9-18(11-17-13)10-14(19)16-8-5-12(2)3/h9,11-12,15H,4-8,10H2,1-3H3,(H,16,19). The molecule has 0 bridgehead atoms. The molecule has 0 radical (unpaired) electrons. The van der Waals surface area contributed by atoms with Crippen molar-refractivity contribution in [1.82, 2.24) is 20.2 Å². The Kier molecular flexibility index (Phi) is 7.18. The summed E-state index contributed by atoms with van der Waals surface area (Å²) in [7, 11) is 0. The van der Waals surface area contributed by atoms with Gasteiger partial charge in [0.25, 0.3) is 0 Å². The van der Waals surface area contributed by atoms with Crippen LogP contribution in [0.1, 0.15) is 32.9 Å². The minimum Gasteiger partial charge on any atom is -0.355 e. The van der Waals surface area contributed by atoms with Crippen molar-refractivity contribution < 1.29 is 4.79 Å². The molecular formula is C14H26N4O. The lowest BCUT2D eigenvalue weighted by atomic mass is 10.1. The molecule has 2 N–H and O–H groups in total. The van der Waals surface area contributed by atoms with Crippen molar-refractivity contribution in [3.63, 3.8) is 0 Å². The van der Waals surface area contributed by atoms with Gasteiger partial charge in [0.2, 0.25) is 5.91 Å². The van der Waals surface area contributed by atoms with Gasteiger partial charge in [-0.3, -0.25) is 4.79 Å². The Bertz CT molecular complexity index is 373. The van der Waals surface area contributed by atoms with Crippen LogP contribution in [0.25, 0.3) is 0 Å². The van der Waals surface area contributed by atoms with E-state index in [1.807, 2.05) is 10.8 Å². The monoisotopic (exact) mass is 266 g/mol. The molecule has 0 saturated carbocycles. The third-order valence-corrected chi connectivity index (χ3v) is 2.86. The largest absolute Gasteiger partial charge is 0.355 e. The molecule has 1 amide bonds. The lowest BCUT2D eigenvalue weighted by molar-refractivity contribution is -0.121. The zero-order valence-corrected chi connectivity index (χ0v) is 12.3. The summed E-state index contributed by atoms with van der Waals surface area (Å²) in [4.78, 5) is 16.0. The normalized spacial score (nSPS) is 10.9. The van der Waals surface area contributed by atoms with Crippen LogP contribution in [0.15, 0.2) is 12.5 Å². The zero-order chi connectivity index (χ0) is 14.1. The summed E-state index contributed by atoms with van der Waals surface area (Å²) in [6, 6.07) is 0. The summed E-state index contributed by atoms with van der Waals surface area (Å²) in [6.45, 7) is 9.38. The second-order valence-corrected chi connectivity index (χ2v) is 5.17. The fraction of sp³-hybridized carbons (Fsp3) is 0.714. The molecule has 5 heteroatoms. The van der Waals surface area contributed by atoms with E-state index in [0.29, 0.717) is 12.5 Å². The molecule has 19 heavy (non-hydrogen) atoms. The van der Waals surface area contributed by atoms with Gasteiger partial charge >= 0.3 is 0 Å². The number of nitrogens with one attached hydrogen (secondary N) is 2. The first-order valence-corrected chi connectivity index (χ1v) is 7.10. The second-order valence-electron chi connectivity index (χ2n) is 5.17. The van der Waals surface area contributed by atoms with Gasteiger partial charge in [0.05, 0.1) is 12.0 Å². The number of aromatic nitrogens is 2. The SMILES string of the molecule is CCNCCc1cn(CC(=O)NCCC(C)C)cn1. The molecule has 108 valence electrons. The molecule has 1 heterocycles. The highest BCUT2D eigenvalue weighted by atomic mass is 16.1. The van der Waals surface area contributed by atoms with E-state index in [1.165, 1.54) is 0 Å². The molecule has 0 aliphatic heterocycles. The van der Waals surface area contributed by atoms with Gasteiger partial charge in [-0.05, 0) is 18.9 Å². The minimum atomic E-state index is 0.0521. The van der Waals surface area contributed by atoms with Crippen molar-refractivity contribution >= 4 is 5.91 Å². The summed E-state index contributed by atoms with van der Waals surface area (Å²) in [6.07, 6.45) is 5.59. The Hall–Kier alpha value is -1.36. The summed E-state index contributed by atoms with van der Waals surface area (Å²) < 4.78 is 1.84. The van der Waals surface area contributed by atoms with E-state index in [4.69, 9.17) is 0 Å². The average molecular weight is 266 g/mol. The molecule has 1 aromatic heterocycles. The van der Waals surface area contributed by atoms with Crippen LogP contribution in [-0.4, -0.2) is 35.1 Å². The molecule has 0 aliphatic carbocycles. The number of hydrogen-bond acceptors (Lipinski definition) is 3. The quantitative estimate of drug-likeness (QED) is 0.660. The van der Waals surface area contributed by atoms with E-state index in [1.54, 1.807) is 6.33 Å². The Morgan fingerprint density at radius 1 is 1.42 bits per heavy atom. The lowest BCUT2D eigenvalue weighted by Gasteiger charge is -2.07. The maximum atomic E-state index is 11.7. The van der Waals surface area contributed by atoms with Gasteiger partial charge in [0, 0.05) is 25.7 Å². The molecule has 0 unspecified atom stereocenters. The molecule has 0 atom stereocenters. The number of imidazole rings is 1. The molecule has 0 aliphatic rings. The maximum Gasteiger partial charge on any atom is 0.239 e. The number of hydrogen-bond donors (Lipinski definition) is 2. The highest BCUT2D eigenvalue weighted by Crippen LogP contribution is 1.98. The van der Waals surface area contributed by atoms with Gasteiger partial charge < -0.3 is 15.2 Å². The first-order chi connectivity index (χ1) is 9.11. The number of likely N-dealkylation sites (N-methyl/N-ethyl adjacent to an activating group) is 1. The van der Waals surface area contributed by atoms with Gasteiger partial charge in [-0.15, -0.1) is 0 Å². The number of carbonyl (C=O) groups is 1. The highest BCUT2D eigenvalue weighted by molar-refractivity contribution is 5.75. The number of rotatable bonds is 9. The predicted octanol–water partition coefficient (Wildman–Crippen LogP) is 1.20. The van der Waals surface area contributed by atoms with Gasteiger partial charge in [0.1, 0.15) is 6.54 Å². The molecule has 5 nitrogen and oxygen atoms in total. The predicted molar refractivity (Wildman–Crippen MR) is 76.9 cm³/mol. The van der Waals surface area contributed by atoms with E-state index in [2.05, 4.69) is 36.4 Å².